The molecule has 0 aromatic heterocycles. The minimum atomic E-state index is -0.745. The van der Waals surface area contributed by atoms with E-state index in [4.69, 9.17) is 5.26 Å². The topological polar surface area (TPSA) is 52.9 Å². The molecule has 3 nitrogen and oxygen atoms in total. The second kappa shape index (κ2) is 5.78. The molecule has 5 heteroatoms. The van der Waals surface area contributed by atoms with Crippen LogP contribution in [0.15, 0.2) is 22.7 Å². The average Bonchev–Trinajstić information content (AvgIpc) is 2.24. The molecule has 0 aliphatic heterocycles. The van der Waals surface area contributed by atoms with Crippen molar-refractivity contribution in [3.8, 4) is 6.07 Å². The quantitative estimate of drug-likeness (QED) is 0.930. The summed E-state index contributed by atoms with van der Waals surface area (Å²) in [6, 6.07) is 5.92. The van der Waals surface area contributed by atoms with Crippen LogP contribution in [0, 0.1) is 29.0 Å². The zero-order valence-electron chi connectivity index (χ0n) is 9.50. The van der Waals surface area contributed by atoms with Crippen LogP contribution < -0.4 is 5.32 Å². The van der Waals surface area contributed by atoms with Crippen LogP contribution in [-0.2, 0) is 4.79 Å². The number of benzene rings is 1. The van der Waals surface area contributed by atoms with E-state index >= 15 is 0 Å². The van der Waals surface area contributed by atoms with Gasteiger partial charge in [0.2, 0.25) is 5.91 Å². The predicted octanol–water partition coefficient (Wildman–Crippen LogP) is 3.32. The molecule has 0 aliphatic carbocycles. The van der Waals surface area contributed by atoms with Gasteiger partial charge in [-0.25, -0.2) is 4.39 Å². The van der Waals surface area contributed by atoms with Crippen LogP contribution in [0.25, 0.3) is 0 Å². The highest BCUT2D eigenvalue weighted by Gasteiger charge is 2.22. The lowest BCUT2D eigenvalue weighted by molar-refractivity contribution is -0.119. The zero-order chi connectivity index (χ0) is 13.0. The van der Waals surface area contributed by atoms with E-state index in [9.17, 15) is 9.18 Å². The number of rotatable bonds is 3. The lowest BCUT2D eigenvalue weighted by Gasteiger charge is -2.14. The lowest BCUT2D eigenvalue weighted by atomic mass is 9.96. The van der Waals surface area contributed by atoms with Gasteiger partial charge in [0.05, 0.1) is 11.8 Å². The van der Waals surface area contributed by atoms with Gasteiger partial charge in [-0.15, -0.1) is 0 Å². The molecule has 0 radical (unpaired) electrons. The van der Waals surface area contributed by atoms with Gasteiger partial charge in [-0.05, 0) is 40.0 Å². The highest BCUT2D eigenvalue weighted by atomic mass is 79.9. The van der Waals surface area contributed by atoms with Crippen molar-refractivity contribution in [1.82, 2.24) is 0 Å². The van der Waals surface area contributed by atoms with Crippen LogP contribution >= 0.6 is 15.9 Å². The van der Waals surface area contributed by atoms with Gasteiger partial charge in [0, 0.05) is 4.47 Å². The second-order valence-electron chi connectivity index (χ2n) is 3.96. The van der Waals surface area contributed by atoms with Crippen molar-refractivity contribution in [2.75, 3.05) is 5.32 Å². The van der Waals surface area contributed by atoms with Gasteiger partial charge in [0.15, 0.2) is 0 Å². The molecular weight excluding hydrogens is 287 g/mol. The highest BCUT2D eigenvalue weighted by molar-refractivity contribution is 9.10. The number of nitrogens with zero attached hydrogens (tertiary/aromatic N) is 1. The van der Waals surface area contributed by atoms with Gasteiger partial charge in [0.1, 0.15) is 11.7 Å². The smallest absolute Gasteiger partial charge is 0.242 e. The van der Waals surface area contributed by atoms with Crippen molar-refractivity contribution < 1.29 is 9.18 Å². The summed E-state index contributed by atoms with van der Waals surface area (Å²) in [6.07, 6.45) is 0. The third kappa shape index (κ3) is 3.53. The molecule has 0 saturated carbocycles. The van der Waals surface area contributed by atoms with Gasteiger partial charge >= 0.3 is 0 Å². The first-order chi connectivity index (χ1) is 7.95. The lowest BCUT2D eigenvalue weighted by Crippen LogP contribution is -2.25. The SMILES string of the molecule is CC(C)C(C#N)C(=O)Nc1cc(F)ccc1Br. The molecule has 1 atom stereocenters. The Labute approximate surface area is 108 Å². The summed E-state index contributed by atoms with van der Waals surface area (Å²) >= 11 is 3.20. The van der Waals surface area contributed by atoms with Crippen LogP contribution in [0.3, 0.4) is 0 Å². The molecule has 0 saturated heterocycles. The third-order valence-electron chi connectivity index (χ3n) is 2.27. The Morgan fingerprint density at radius 2 is 2.18 bits per heavy atom. The molecule has 1 amide bonds. The number of nitrogens with one attached hydrogen (secondary N) is 1. The maximum absolute atomic E-state index is 13.0. The summed E-state index contributed by atoms with van der Waals surface area (Å²) < 4.78 is 13.6. The van der Waals surface area contributed by atoms with E-state index in [1.54, 1.807) is 13.8 Å². The molecule has 0 spiro atoms. The maximum atomic E-state index is 13.0. The number of halogens is 2. The zero-order valence-corrected chi connectivity index (χ0v) is 11.1. The monoisotopic (exact) mass is 298 g/mol. The normalized spacial score (nSPS) is 12.0. The van der Waals surface area contributed by atoms with E-state index < -0.39 is 17.6 Å². The molecule has 90 valence electrons. The number of amides is 1. The second-order valence-corrected chi connectivity index (χ2v) is 4.82. The van der Waals surface area contributed by atoms with Gasteiger partial charge in [0.25, 0.3) is 0 Å². The van der Waals surface area contributed by atoms with E-state index in [1.165, 1.54) is 18.2 Å². The molecule has 1 aromatic rings. The first-order valence-electron chi connectivity index (χ1n) is 5.11. The van der Waals surface area contributed by atoms with E-state index in [2.05, 4.69) is 21.2 Å². The fraction of sp³-hybridized carbons (Fsp3) is 0.333. The van der Waals surface area contributed by atoms with Crippen molar-refractivity contribution in [2.45, 2.75) is 13.8 Å². The number of hydrogen-bond acceptors (Lipinski definition) is 2. The van der Waals surface area contributed by atoms with Crippen molar-refractivity contribution >= 4 is 27.5 Å². The molecule has 0 fully saturated rings. The van der Waals surface area contributed by atoms with Crippen LogP contribution in [0.1, 0.15) is 13.8 Å². The van der Waals surface area contributed by atoms with Crippen molar-refractivity contribution in [3.05, 3.63) is 28.5 Å². The minimum absolute atomic E-state index is 0.0904. The van der Waals surface area contributed by atoms with E-state index in [1.807, 2.05) is 6.07 Å². The van der Waals surface area contributed by atoms with E-state index in [0.29, 0.717) is 10.2 Å². The number of nitriles is 1. The molecule has 1 rings (SSSR count). The Balaban J connectivity index is 2.88. The Hall–Kier alpha value is -1.41. The number of hydrogen-bond donors (Lipinski definition) is 1. The summed E-state index contributed by atoms with van der Waals surface area (Å²) in [4.78, 5) is 11.8. The van der Waals surface area contributed by atoms with Gasteiger partial charge < -0.3 is 5.32 Å². The molecule has 17 heavy (non-hydrogen) atoms. The molecule has 0 heterocycles. The number of carbonyl (C=O) groups is 1. The minimum Gasteiger partial charge on any atom is -0.324 e. The molecule has 1 aromatic carbocycles. The largest absolute Gasteiger partial charge is 0.324 e. The number of carbonyl (C=O) groups excluding carboxylic acids is 1. The summed E-state index contributed by atoms with van der Waals surface area (Å²) in [5.74, 6) is -1.70. The van der Waals surface area contributed by atoms with Gasteiger partial charge in [-0.2, -0.15) is 5.26 Å². The van der Waals surface area contributed by atoms with Gasteiger partial charge in [-0.3, -0.25) is 4.79 Å². The van der Waals surface area contributed by atoms with Crippen molar-refractivity contribution in [3.63, 3.8) is 0 Å². The van der Waals surface area contributed by atoms with Gasteiger partial charge in [-0.1, -0.05) is 13.8 Å². The first-order valence-corrected chi connectivity index (χ1v) is 5.90. The summed E-state index contributed by atoms with van der Waals surface area (Å²) in [5.41, 5.74) is 0.330. The summed E-state index contributed by atoms with van der Waals surface area (Å²) in [7, 11) is 0. The highest BCUT2D eigenvalue weighted by Crippen LogP contribution is 2.24. The number of anilines is 1. The predicted molar refractivity (Wildman–Crippen MR) is 66.7 cm³/mol. The fourth-order valence-electron chi connectivity index (χ4n) is 1.31. The van der Waals surface area contributed by atoms with E-state index in [-0.39, 0.29) is 5.92 Å². The molecular formula is C12H12BrFN2O. The standard InChI is InChI=1S/C12H12BrFN2O/c1-7(2)9(6-15)12(17)16-11-5-8(14)3-4-10(11)13/h3-5,7,9H,1-2H3,(H,16,17). The molecule has 0 aliphatic rings. The Morgan fingerprint density at radius 3 is 2.71 bits per heavy atom. The Kier molecular flexibility index (Phi) is 4.64. The Bertz CT molecular complexity index is 468. The van der Waals surface area contributed by atoms with Crippen LogP contribution in [-0.4, -0.2) is 5.91 Å². The molecule has 0 bridgehead atoms. The molecule has 1 N–H and O–H groups in total. The fourth-order valence-corrected chi connectivity index (χ4v) is 1.66. The Morgan fingerprint density at radius 1 is 1.53 bits per heavy atom. The van der Waals surface area contributed by atoms with Crippen LogP contribution in [0.2, 0.25) is 0 Å². The molecule has 1 unspecified atom stereocenters. The summed E-state index contributed by atoms with van der Waals surface area (Å²) in [5, 5.41) is 11.4. The third-order valence-corrected chi connectivity index (χ3v) is 2.97. The van der Waals surface area contributed by atoms with Crippen molar-refractivity contribution in [1.29, 1.82) is 5.26 Å². The van der Waals surface area contributed by atoms with Crippen molar-refractivity contribution in [2.24, 2.45) is 11.8 Å². The van der Waals surface area contributed by atoms with E-state index in [0.717, 1.165) is 0 Å². The maximum Gasteiger partial charge on any atom is 0.242 e. The average molecular weight is 299 g/mol. The van der Waals surface area contributed by atoms with Crippen LogP contribution in [0.5, 0.6) is 0 Å². The first kappa shape index (κ1) is 13.7. The van der Waals surface area contributed by atoms with Crippen LogP contribution in [0.4, 0.5) is 10.1 Å². The summed E-state index contributed by atoms with van der Waals surface area (Å²) in [6.45, 7) is 3.57.